The molecule has 1 aromatic heterocycles. The van der Waals surface area contributed by atoms with E-state index in [0.717, 1.165) is 6.42 Å². The fourth-order valence-electron chi connectivity index (χ4n) is 2.56. The summed E-state index contributed by atoms with van der Waals surface area (Å²) < 4.78 is 15.4. The van der Waals surface area contributed by atoms with Gasteiger partial charge >= 0.3 is 0 Å². The number of halogens is 2. The van der Waals surface area contributed by atoms with Crippen molar-refractivity contribution in [3.63, 3.8) is 0 Å². The van der Waals surface area contributed by atoms with Gasteiger partial charge in [-0.2, -0.15) is 0 Å². The molecule has 1 atom stereocenters. The zero-order valence-electron chi connectivity index (χ0n) is 11.6. The highest BCUT2D eigenvalue weighted by Gasteiger charge is 2.16. The smallest absolute Gasteiger partial charge is 0.129 e. The average Bonchev–Trinajstić information content (AvgIpc) is 2.89. The SMILES string of the molecule is CNC(Cc1csc2ccccc12)c1ccc(Cl)cc1F. The molecule has 1 heterocycles. The molecular formula is C17H15ClFNS. The molecule has 4 heteroatoms. The summed E-state index contributed by atoms with van der Waals surface area (Å²) in [6.45, 7) is 0. The van der Waals surface area contributed by atoms with Gasteiger partial charge in [0.25, 0.3) is 0 Å². The van der Waals surface area contributed by atoms with Crippen LogP contribution < -0.4 is 5.32 Å². The largest absolute Gasteiger partial charge is 0.313 e. The highest BCUT2D eigenvalue weighted by atomic mass is 35.5. The van der Waals surface area contributed by atoms with Crippen LogP contribution in [-0.4, -0.2) is 7.05 Å². The molecule has 1 unspecified atom stereocenters. The van der Waals surface area contributed by atoms with Crippen molar-refractivity contribution in [1.29, 1.82) is 0 Å². The van der Waals surface area contributed by atoms with Crippen molar-refractivity contribution in [2.45, 2.75) is 12.5 Å². The molecule has 0 radical (unpaired) electrons. The monoisotopic (exact) mass is 319 g/mol. The van der Waals surface area contributed by atoms with E-state index in [2.05, 4.69) is 22.8 Å². The molecule has 3 aromatic rings. The normalized spacial score (nSPS) is 12.7. The molecule has 0 saturated heterocycles. The van der Waals surface area contributed by atoms with E-state index in [1.54, 1.807) is 23.5 Å². The Hall–Kier alpha value is -1.42. The molecule has 0 saturated carbocycles. The van der Waals surface area contributed by atoms with Crippen molar-refractivity contribution in [3.8, 4) is 0 Å². The lowest BCUT2D eigenvalue weighted by Gasteiger charge is -2.17. The van der Waals surface area contributed by atoms with Gasteiger partial charge in [-0.25, -0.2) is 4.39 Å². The Kier molecular flexibility index (Phi) is 4.24. The molecule has 108 valence electrons. The first-order chi connectivity index (χ1) is 10.2. The molecule has 0 spiro atoms. The third kappa shape index (κ3) is 2.95. The van der Waals surface area contributed by atoms with E-state index in [-0.39, 0.29) is 11.9 Å². The second kappa shape index (κ2) is 6.14. The van der Waals surface area contributed by atoms with E-state index in [1.807, 2.05) is 19.2 Å². The van der Waals surface area contributed by atoms with E-state index in [9.17, 15) is 4.39 Å². The van der Waals surface area contributed by atoms with Gasteiger partial charge in [0.05, 0.1) is 0 Å². The summed E-state index contributed by atoms with van der Waals surface area (Å²) in [5, 5.41) is 7.03. The average molecular weight is 320 g/mol. The number of thiophene rings is 1. The molecule has 2 aromatic carbocycles. The van der Waals surface area contributed by atoms with E-state index >= 15 is 0 Å². The van der Waals surface area contributed by atoms with Crippen LogP contribution in [0, 0.1) is 5.82 Å². The lowest BCUT2D eigenvalue weighted by molar-refractivity contribution is 0.535. The molecule has 1 nitrogen and oxygen atoms in total. The number of benzene rings is 2. The van der Waals surface area contributed by atoms with Crippen molar-refractivity contribution >= 4 is 33.0 Å². The van der Waals surface area contributed by atoms with Crippen LogP contribution in [0.1, 0.15) is 17.2 Å². The highest BCUT2D eigenvalue weighted by Crippen LogP contribution is 2.30. The number of likely N-dealkylation sites (N-methyl/N-ethyl adjacent to an activating group) is 1. The van der Waals surface area contributed by atoms with E-state index in [1.165, 1.54) is 21.7 Å². The minimum atomic E-state index is -0.263. The molecule has 3 rings (SSSR count). The zero-order chi connectivity index (χ0) is 14.8. The van der Waals surface area contributed by atoms with Gasteiger partial charge in [0.2, 0.25) is 0 Å². The standard InChI is InChI=1S/C17H15ClFNS/c1-20-16(14-7-6-12(18)9-15(14)19)8-11-10-21-17-5-3-2-4-13(11)17/h2-7,9-10,16,20H,8H2,1H3. The van der Waals surface area contributed by atoms with Gasteiger partial charge in [-0.15, -0.1) is 11.3 Å². The fourth-order valence-corrected chi connectivity index (χ4v) is 3.70. The van der Waals surface area contributed by atoms with Crippen LogP contribution >= 0.6 is 22.9 Å². The summed E-state index contributed by atoms with van der Waals surface area (Å²) in [6.07, 6.45) is 0.749. The molecule has 21 heavy (non-hydrogen) atoms. The van der Waals surface area contributed by atoms with Gasteiger partial charge in [0.1, 0.15) is 5.82 Å². The second-order valence-corrected chi connectivity index (χ2v) is 6.32. The number of hydrogen-bond donors (Lipinski definition) is 1. The number of fused-ring (bicyclic) bond motifs is 1. The van der Waals surface area contributed by atoms with Crippen LogP contribution in [0.3, 0.4) is 0 Å². The predicted molar refractivity (Wildman–Crippen MR) is 88.7 cm³/mol. The molecule has 0 aliphatic carbocycles. The minimum absolute atomic E-state index is 0.0692. The van der Waals surface area contributed by atoms with Gasteiger partial charge < -0.3 is 5.32 Å². The quantitative estimate of drug-likeness (QED) is 0.697. The van der Waals surface area contributed by atoms with Crippen LogP contribution in [0.2, 0.25) is 5.02 Å². The molecule has 1 N–H and O–H groups in total. The first-order valence-electron chi connectivity index (χ1n) is 6.76. The summed E-state index contributed by atoms with van der Waals surface area (Å²) >= 11 is 7.55. The molecule has 0 amide bonds. The topological polar surface area (TPSA) is 12.0 Å². The fraction of sp³-hybridized carbons (Fsp3) is 0.176. The predicted octanol–water partition coefficient (Wildman–Crippen LogP) is 5.20. The van der Waals surface area contributed by atoms with E-state index < -0.39 is 0 Å². The minimum Gasteiger partial charge on any atom is -0.313 e. The Labute approximate surface area is 132 Å². The van der Waals surface area contributed by atoms with Gasteiger partial charge in [0, 0.05) is 21.3 Å². The highest BCUT2D eigenvalue weighted by molar-refractivity contribution is 7.17. The molecular weight excluding hydrogens is 305 g/mol. The van der Waals surface area contributed by atoms with Crippen LogP contribution in [-0.2, 0) is 6.42 Å². The van der Waals surface area contributed by atoms with Gasteiger partial charge in [0.15, 0.2) is 0 Å². The van der Waals surface area contributed by atoms with Crippen LogP contribution in [0.25, 0.3) is 10.1 Å². The lowest BCUT2D eigenvalue weighted by Crippen LogP contribution is -2.20. The zero-order valence-corrected chi connectivity index (χ0v) is 13.1. The van der Waals surface area contributed by atoms with Crippen molar-refractivity contribution in [1.82, 2.24) is 5.32 Å². The summed E-state index contributed by atoms with van der Waals surface area (Å²) in [6, 6.07) is 13.1. The van der Waals surface area contributed by atoms with Gasteiger partial charge in [-0.3, -0.25) is 0 Å². The Morgan fingerprint density at radius 1 is 1.24 bits per heavy atom. The lowest BCUT2D eigenvalue weighted by atomic mass is 9.98. The third-order valence-corrected chi connectivity index (χ3v) is 4.92. The van der Waals surface area contributed by atoms with Crippen LogP contribution in [0.4, 0.5) is 4.39 Å². The Bertz CT molecular complexity index is 768. The third-order valence-electron chi connectivity index (χ3n) is 3.67. The van der Waals surface area contributed by atoms with E-state index in [0.29, 0.717) is 10.6 Å². The van der Waals surface area contributed by atoms with Crippen molar-refractivity contribution < 1.29 is 4.39 Å². The Morgan fingerprint density at radius 2 is 2.05 bits per heavy atom. The molecule has 0 aliphatic heterocycles. The second-order valence-electron chi connectivity index (χ2n) is 4.97. The first kappa shape index (κ1) is 14.5. The maximum absolute atomic E-state index is 14.1. The summed E-state index contributed by atoms with van der Waals surface area (Å²) in [5.74, 6) is -0.263. The number of hydrogen-bond acceptors (Lipinski definition) is 2. The number of nitrogens with one attached hydrogen (secondary N) is 1. The summed E-state index contributed by atoms with van der Waals surface area (Å²) in [4.78, 5) is 0. The Morgan fingerprint density at radius 3 is 2.81 bits per heavy atom. The molecule has 0 aliphatic rings. The summed E-state index contributed by atoms with van der Waals surface area (Å²) in [7, 11) is 1.85. The van der Waals surface area contributed by atoms with Gasteiger partial charge in [-0.05, 0) is 48.0 Å². The molecule has 0 fully saturated rings. The first-order valence-corrected chi connectivity index (χ1v) is 8.02. The Balaban J connectivity index is 1.94. The molecule has 0 bridgehead atoms. The summed E-state index contributed by atoms with van der Waals surface area (Å²) in [5.41, 5.74) is 1.89. The van der Waals surface area contributed by atoms with Crippen molar-refractivity contribution in [3.05, 3.63) is 69.8 Å². The maximum atomic E-state index is 14.1. The van der Waals surface area contributed by atoms with Gasteiger partial charge in [-0.1, -0.05) is 35.9 Å². The van der Waals surface area contributed by atoms with Crippen LogP contribution in [0.5, 0.6) is 0 Å². The van der Waals surface area contributed by atoms with Crippen LogP contribution in [0.15, 0.2) is 47.8 Å². The van der Waals surface area contributed by atoms with E-state index in [4.69, 9.17) is 11.6 Å². The number of rotatable bonds is 4. The van der Waals surface area contributed by atoms with Crippen molar-refractivity contribution in [2.24, 2.45) is 0 Å². The van der Waals surface area contributed by atoms with Crippen molar-refractivity contribution in [2.75, 3.05) is 7.05 Å². The maximum Gasteiger partial charge on any atom is 0.129 e.